The third-order valence-corrected chi connectivity index (χ3v) is 4.07. The summed E-state index contributed by atoms with van der Waals surface area (Å²) in [4.78, 5) is 5.81. The average Bonchev–Trinajstić information content (AvgIpc) is 2.83. The summed E-state index contributed by atoms with van der Waals surface area (Å²) in [5.74, 6) is 0.866. The molecule has 0 aliphatic carbocycles. The number of aromatic nitrogens is 2. The highest BCUT2D eigenvalue weighted by Crippen LogP contribution is 2.25. The molecule has 3 nitrogen and oxygen atoms in total. The minimum absolute atomic E-state index is 0.845. The fraction of sp³-hybridized carbons (Fsp3) is 0.133. The Balaban J connectivity index is 1.76. The van der Waals surface area contributed by atoms with Crippen LogP contribution in [0, 0.1) is 6.92 Å². The van der Waals surface area contributed by atoms with E-state index in [0.29, 0.717) is 0 Å². The van der Waals surface area contributed by atoms with Gasteiger partial charge in [-0.2, -0.15) is 0 Å². The Hall–Kier alpha value is -1.94. The van der Waals surface area contributed by atoms with E-state index in [1.807, 2.05) is 41.8 Å². The molecule has 0 aliphatic heterocycles. The number of imidazole rings is 1. The average molecular weight is 269 g/mol. The highest BCUT2D eigenvalue weighted by Gasteiger charge is 2.03. The lowest BCUT2D eigenvalue weighted by Gasteiger charge is -2.03. The number of nitrogen functional groups attached to an aromatic ring is 1. The third kappa shape index (κ3) is 2.58. The molecule has 19 heavy (non-hydrogen) atoms. The van der Waals surface area contributed by atoms with Crippen LogP contribution in [0.15, 0.2) is 53.7 Å². The first-order valence-electron chi connectivity index (χ1n) is 6.14. The van der Waals surface area contributed by atoms with Crippen LogP contribution in [0.3, 0.4) is 0 Å². The second-order valence-corrected chi connectivity index (χ2v) is 5.55. The summed E-state index contributed by atoms with van der Waals surface area (Å²) in [6.45, 7) is 2.03. The smallest absolute Gasteiger partial charge is 0.137 e. The van der Waals surface area contributed by atoms with Gasteiger partial charge in [0.25, 0.3) is 0 Å². The number of aryl methyl sites for hydroxylation is 1. The first-order valence-corrected chi connectivity index (χ1v) is 7.12. The number of benzene rings is 1. The quantitative estimate of drug-likeness (QED) is 0.584. The Kier molecular flexibility index (Phi) is 3.17. The fourth-order valence-electron chi connectivity index (χ4n) is 1.95. The van der Waals surface area contributed by atoms with Crippen molar-refractivity contribution in [3.05, 3.63) is 60.0 Å². The van der Waals surface area contributed by atoms with Gasteiger partial charge in [0.1, 0.15) is 5.65 Å². The zero-order valence-corrected chi connectivity index (χ0v) is 11.5. The van der Waals surface area contributed by atoms with Crippen molar-refractivity contribution < 1.29 is 0 Å². The Bertz CT molecular complexity index is 685. The maximum atomic E-state index is 5.82. The molecule has 96 valence electrons. The van der Waals surface area contributed by atoms with Gasteiger partial charge in [-0.15, -0.1) is 11.8 Å². The molecule has 0 unspecified atom stereocenters. The summed E-state index contributed by atoms with van der Waals surface area (Å²) in [5, 5.41) is 0. The van der Waals surface area contributed by atoms with Crippen LogP contribution in [-0.4, -0.2) is 9.38 Å². The molecular formula is C15H15N3S. The van der Waals surface area contributed by atoms with E-state index in [9.17, 15) is 0 Å². The predicted molar refractivity (Wildman–Crippen MR) is 80.3 cm³/mol. The number of rotatable bonds is 3. The maximum absolute atomic E-state index is 5.82. The summed E-state index contributed by atoms with van der Waals surface area (Å²) in [6, 6.07) is 12.2. The molecule has 4 heteroatoms. The Morgan fingerprint density at radius 2 is 2.16 bits per heavy atom. The molecule has 0 aliphatic rings. The molecule has 3 rings (SSSR count). The van der Waals surface area contributed by atoms with Crippen LogP contribution in [-0.2, 0) is 5.75 Å². The second-order valence-electron chi connectivity index (χ2n) is 4.51. The minimum Gasteiger partial charge on any atom is -0.399 e. The van der Waals surface area contributed by atoms with E-state index in [4.69, 9.17) is 5.73 Å². The van der Waals surface area contributed by atoms with Crippen LogP contribution in [0.5, 0.6) is 0 Å². The largest absolute Gasteiger partial charge is 0.399 e. The molecule has 0 bridgehead atoms. The lowest BCUT2D eigenvalue weighted by Crippen LogP contribution is -1.89. The molecule has 0 saturated heterocycles. The number of hydrogen-bond acceptors (Lipinski definition) is 3. The molecule has 3 aromatic rings. The number of nitrogens with two attached hydrogens (primary N) is 1. The van der Waals surface area contributed by atoms with Crippen molar-refractivity contribution in [2.45, 2.75) is 17.6 Å². The molecule has 0 amide bonds. The fourth-order valence-corrected chi connectivity index (χ4v) is 2.83. The van der Waals surface area contributed by atoms with E-state index in [0.717, 1.165) is 28.3 Å². The number of anilines is 1. The molecule has 2 heterocycles. The topological polar surface area (TPSA) is 43.3 Å². The first-order chi connectivity index (χ1) is 9.22. The molecule has 0 saturated carbocycles. The summed E-state index contributed by atoms with van der Waals surface area (Å²) in [7, 11) is 0. The first kappa shape index (κ1) is 12.1. The van der Waals surface area contributed by atoms with Gasteiger partial charge in [-0.3, -0.25) is 0 Å². The van der Waals surface area contributed by atoms with Gasteiger partial charge < -0.3 is 10.1 Å². The van der Waals surface area contributed by atoms with Crippen LogP contribution in [0.4, 0.5) is 5.69 Å². The molecule has 1 aromatic carbocycles. The van der Waals surface area contributed by atoms with Gasteiger partial charge in [-0.1, -0.05) is 6.07 Å². The number of thioether (sulfide) groups is 1. The van der Waals surface area contributed by atoms with E-state index in [2.05, 4.69) is 23.3 Å². The van der Waals surface area contributed by atoms with Crippen molar-refractivity contribution in [3.63, 3.8) is 0 Å². The molecule has 0 spiro atoms. The number of hydrogen-bond donors (Lipinski definition) is 1. The van der Waals surface area contributed by atoms with E-state index in [1.165, 1.54) is 4.90 Å². The van der Waals surface area contributed by atoms with Gasteiger partial charge in [0.15, 0.2) is 0 Å². The van der Waals surface area contributed by atoms with Crippen molar-refractivity contribution in [1.82, 2.24) is 9.38 Å². The number of fused-ring (bicyclic) bond motifs is 1. The molecule has 0 radical (unpaired) electrons. The van der Waals surface area contributed by atoms with Gasteiger partial charge in [0, 0.05) is 28.7 Å². The Morgan fingerprint density at radius 1 is 1.26 bits per heavy atom. The number of nitrogens with zero attached hydrogens (tertiary/aromatic N) is 2. The molecule has 2 aromatic heterocycles. The lowest BCUT2D eigenvalue weighted by molar-refractivity contribution is 1.18. The zero-order valence-electron chi connectivity index (χ0n) is 10.7. The van der Waals surface area contributed by atoms with Crippen LogP contribution in [0.1, 0.15) is 11.3 Å². The van der Waals surface area contributed by atoms with E-state index >= 15 is 0 Å². The molecular weight excluding hydrogens is 254 g/mol. The molecule has 0 atom stereocenters. The monoisotopic (exact) mass is 269 g/mol. The van der Waals surface area contributed by atoms with E-state index < -0.39 is 0 Å². The van der Waals surface area contributed by atoms with Crippen molar-refractivity contribution in [3.8, 4) is 0 Å². The zero-order chi connectivity index (χ0) is 13.2. The Morgan fingerprint density at radius 3 is 2.95 bits per heavy atom. The van der Waals surface area contributed by atoms with Crippen LogP contribution < -0.4 is 5.73 Å². The standard InChI is InChI=1S/C15H15N3S/c1-11-8-13(5-6-14(11)16)19-10-12-9-18-7-3-2-4-15(18)17-12/h2-9H,10,16H2,1H3. The molecule has 2 N–H and O–H groups in total. The summed E-state index contributed by atoms with van der Waals surface area (Å²) < 4.78 is 2.05. The highest BCUT2D eigenvalue weighted by molar-refractivity contribution is 7.98. The normalized spacial score (nSPS) is 11.0. The van der Waals surface area contributed by atoms with Gasteiger partial charge in [-0.25, -0.2) is 4.98 Å². The highest BCUT2D eigenvalue weighted by atomic mass is 32.2. The van der Waals surface area contributed by atoms with Crippen molar-refractivity contribution in [1.29, 1.82) is 0 Å². The van der Waals surface area contributed by atoms with Crippen molar-refractivity contribution in [2.75, 3.05) is 5.73 Å². The summed E-state index contributed by atoms with van der Waals surface area (Å²) >= 11 is 1.78. The lowest BCUT2D eigenvalue weighted by atomic mass is 10.2. The van der Waals surface area contributed by atoms with E-state index in [1.54, 1.807) is 11.8 Å². The van der Waals surface area contributed by atoms with Crippen LogP contribution in [0.25, 0.3) is 5.65 Å². The van der Waals surface area contributed by atoms with Gasteiger partial charge in [-0.05, 0) is 42.8 Å². The summed E-state index contributed by atoms with van der Waals surface area (Å²) in [6.07, 6.45) is 4.09. The van der Waals surface area contributed by atoms with Gasteiger partial charge in [0.05, 0.1) is 5.69 Å². The third-order valence-electron chi connectivity index (χ3n) is 3.04. The SMILES string of the molecule is Cc1cc(SCc2cn3ccccc3n2)ccc1N. The van der Waals surface area contributed by atoms with Gasteiger partial charge >= 0.3 is 0 Å². The van der Waals surface area contributed by atoms with Crippen molar-refractivity contribution >= 4 is 23.1 Å². The minimum atomic E-state index is 0.845. The van der Waals surface area contributed by atoms with Crippen LogP contribution >= 0.6 is 11.8 Å². The second kappa shape index (κ2) is 4.97. The predicted octanol–water partition coefficient (Wildman–Crippen LogP) is 3.52. The molecule has 0 fully saturated rings. The van der Waals surface area contributed by atoms with Gasteiger partial charge in [0.2, 0.25) is 0 Å². The van der Waals surface area contributed by atoms with Crippen molar-refractivity contribution in [2.24, 2.45) is 0 Å². The Labute approximate surface area is 116 Å². The van der Waals surface area contributed by atoms with E-state index in [-0.39, 0.29) is 0 Å². The summed E-state index contributed by atoms with van der Waals surface area (Å²) in [5.41, 5.74) is 9.87. The maximum Gasteiger partial charge on any atom is 0.137 e. The van der Waals surface area contributed by atoms with Crippen LogP contribution in [0.2, 0.25) is 0 Å². The number of pyridine rings is 1.